The summed E-state index contributed by atoms with van der Waals surface area (Å²) in [4.78, 5) is 11.2. The maximum Gasteiger partial charge on any atom is 0.300 e. The van der Waals surface area contributed by atoms with Gasteiger partial charge in [-0.05, 0) is 30.2 Å². The van der Waals surface area contributed by atoms with Gasteiger partial charge in [0, 0.05) is 32.2 Å². The van der Waals surface area contributed by atoms with Crippen molar-refractivity contribution in [2.45, 2.75) is 13.3 Å². The standard InChI is InChI=1S/C10H13FN2.C2H4O2/c11-9-1-2-10-8(7-9)3-5-13(10)6-4-12;1-2(3)4/h1-2,7H,3-6,12H2;1H3,(H,3,4). The second-order valence-corrected chi connectivity index (χ2v) is 3.82. The van der Waals surface area contributed by atoms with E-state index in [1.165, 1.54) is 6.07 Å². The first kappa shape index (κ1) is 13.4. The number of carboxylic acid groups (broad SMARTS) is 1. The average Bonchev–Trinajstić information content (AvgIpc) is 2.60. The fourth-order valence-electron chi connectivity index (χ4n) is 1.83. The van der Waals surface area contributed by atoms with E-state index in [2.05, 4.69) is 4.90 Å². The molecule has 1 heterocycles. The van der Waals surface area contributed by atoms with Gasteiger partial charge in [-0.25, -0.2) is 4.39 Å². The maximum atomic E-state index is 12.8. The molecule has 0 saturated carbocycles. The van der Waals surface area contributed by atoms with Crippen LogP contribution in [0.5, 0.6) is 0 Å². The minimum atomic E-state index is -0.833. The number of anilines is 1. The summed E-state index contributed by atoms with van der Waals surface area (Å²) in [6, 6.07) is 4.97. The highest BCUT2D eigenvalue weighted by atomic mass is 19.1. The van der Waals surface area contributed by atoms with E-state index in [4.69, 9.17) is 15.6 Å². The van der Waals surface area contributed by atoms with E-state index in [9.17, 15) is 4.39 Å². The Kier molecular flexibility index (Phi) is 4.90. The van der Waals surface area contributed by atoms with Crippen LogP contribution in [0.25, 0.3) is 0 Å². The van der Waals surface area contributed by atoms with Crippen molar-refractivity contribution in [3.05, 3.63) is 29.6 Å². The first-order valence-electron chi connectivity index (χ1n) is 5.47. The van der Waals surface area contributed by atoms with Gasteiger partial charge in [-0.3, -0.25) is 4.79 Å². The van der Waals surface area contributed by atoms with Gasteiger partial charge in [0.25, 0.3) is 5.97 Å². The third-order valence-corrected chi connectivity index (χ3v) is 2.43. The molecule has 0 amide bonds. The Morgan fingerprint density at radius 2 is 2.24 bits per heavy atom. The quantitative estimate of drug-likeness (QED) is 0.816. The summed E-state index contributed by atoms with van der Waals surface area (Å²) in [6.45, 7) is 3.56. The Hall–Kier alpha value is -1.62. The predicted molar refractivity (Wildman–Crippen MR) is 64.7 cm³/mol. The van der Waals surface area contributed by atoms with Crippen molar-refractivity contribution in [3.8, 4) is 0 Å². The maximum absolute atomic E-state index is 12.8. The highest BCUT2D eigenvalue weighted by molar-refractivity contribution is 5.63. The lowest BCUT2D eigenvalue weighted by Crippen LogP contribution is -2.27. The molecular weight excluding hydrogens is 223 g/mol. The number of hydrogen-bond donors (Lipinski definition) is 2. The minimum Gasteiger partial charge on any atom is -0.481 e. The number of nitrogens with two attached hydrogens (primary N) is 1. The zero-order valence-electron chi connectivity index (χ0n) is 9.82. The number of nitrogens with zero attached hydrogens (tertiary/aromatic N) is 1. The van der Waals surface area contributed by atoms with Gasteiger partial charge in [0.05, 0.1) is 0 Å². The largest absolute Gasteiger partial charge is 0.481 e. The van der Waals surface area contributed by atoms with Crippen LogP contribution in [0.1, 0.15) is 12.5 Å². The lowest BCUT2D eigenvalue weighted by molar-refractivity contribution is -0.134. The highest BCUT2D eigenvalue weighted by Crippen LogP contribution is 2.27. The Morgan fingerprint density at radius 3 is 2.82 bits per heavy atom. The van der Waals surface area contributed by atoms with E-state index in [1.807, 2.05) is 6.07 Å². The zero-order chi connectivity index (χ0) is 12.8. The molecule has 17 heavy (non-hydrogen) atoms. The van der Waals surface area contributed by atoms with E-state index in [0.29, 0.717) is 6.54 Å². The van der Waals surface area contributed by atoms with E-state index in [-0.39, 0.29) is 5.82 Å². The van der Waals surface area contributed by atoms with Gasteiger partial charge < -0.3 is 15.7 Å². The van der Waals surface area contributed by atoms with Crippen molar-refractivity contribution >= 4 is 11.7 Å². The van der Waals surface area contributed by atoms with Gasteiger partial charge in [-0.15, -0.1) is 0 Å². The molecule has 0 atom stereocenters. The van der Waals surface area contributed by atoms with Crippen LogP contribution in [0.2, 0.25) is 0 Å². The van der Waals surface area contributed by atoms with Crippen LogP contribution >= 0.6 is 0 Å². The number of rotatable bonds is 2. The average molecular weight is 240 g/mol. The van der Waals surface area contributed by atoms with Crippen LogP contribution < -0.4 is 10.6 Å². The fourth-order valence-corrected chi connectivity index (χ4v) is 1.83. The van der Waals surface area contributed by atoms with Gasteiger partial charge in [0.1, 0.15) is 5.82 Å². The van der Waals surface area contributed by atoms with Crippen LogP contribution in [0, 0.1) is 5.82 Å². The molecule has 1 aliphatic rings. The molecule has 0 bridgehead atoms. The van der Waals surface area contributed by atoms with E-state index in [1.54, 1.807) is 6.07 Å². The molecule has 0 unspecified atom stereocenters. The Balaban J connectivity index is 0.000000317. The minimum absolute atomic E-state index is 0.145. The van der Waals surface area contributed by atoms with Gasteiger partial charge in [-0.2, -0.15) is 0 Å². The molecule has 0 fully saturated rings. The van der Waals surface area contributed by atoms with Crippen LogP contribution in [0.3, 0.4) is 0 Å². The molecule has 94 valence electrons. The Bertz CT molecular complexity index is 392. The molecule has 3 N–H and O–H groups in total. The number of aliphatic carboxylic acids is 1. The molecule has 0 saturated heterocycles. The molecule has 0 aliphatic carbocycles. The summed E-state index contributed by atoms with van der Waals surface area (Å²) in [7, 11) is 0. The lowest BCUT2D eigenvalue weighted by Gasteiger charge is -2.17. The van der Waals surface area contributed by atoms with Gasteiger partial charge >= 0.3 is 0 Å². The smallest absolute Gasteiger partial charge is 0.300 e. The summed E-state index contributed by atoms with van der Waals surface area (Å²) < 4.78 is 12.8. The second kappa shape index (κ2) is 6.20. The number of hydrogen-bond acceptors (Lipinski definition) is 3. The summed E-state index contributed by atoms with van der Waals surface area (Å²) >= 11 is 0. The first-order chi connectivity index (χ1) is 8.04. The van der Waals surface area contributed by atoms with Crippen molar-refractivity contribution in [1.29, 1.82) is 0 Å². The van der Waals surface area contributed by atoms with E-state index < -0.39 is 5.97 Å². The molecule has 2 rings (SSSR count). The molecular formula is C12H17FN2O2. The van der Waals surface area contributed by atoms with Crippen LogP contribution in [-0.2, 0) is 11.2 Å². The van der Waals surface area contributed by atoms with Gasteiger partial charge in [-0.1, -0.05) is 0 Å². The monoisotopic (exact) mass is 240 g/mol. The molecule has 1 aromatic rings. The number of fused-ring (bicyclic) bond motifs is 1. The van der Waals surface area contributed by atoms with Crippen molar-refractivity contribution in [3.63, 3.8) is 0 Å². The Labute approximate surface area is 99.8 Å². The third kappa shape index (κ3) is 4.03. The van der Waals surface area contributed by atoms with Crippen LogP contribution in [-0.4, -0.2) is 30.7 Å². The number of carboxylic acids is 1. The third-order valence-electron chi connectivity index (χ3n) is 2.43. The van der Waals surface area contributed by atoms with Crippen molar-refractivity contribution in [1.82, 2.24) is 0 Å². The van der Waals surface area contributed by atoms with Crippen molar-refractivity contribution in [2.24, 2.45) is 5.73 Å². The predicted octanol–water partition coefficient (Wildman–Crippen LogP) is 1.24. The van der Waals surface area contributed by atoms with E-state index in [0.717, 1.165) is 37.7 Å². The lowest BCUT2D eigenvalue weighted by atomic mass is 10.2. The van der Waals surface area contributed by atoms with Gasteiger partial charge in [0.2, 0.25) is 0 Å². The molecule has 0 aromatic heterocycles. The molecule has 0 spiro atoms. The number of benzene rings is 1. The second-order valence-electron chi connectivity index (χ2n) is 3.82. The molecule has 0 radical (unpaired) electrons. The van der Waals surface area contributed by atoms with Crippen LogP contribution in [0.15, 0.2) is 18.2 Å². The Morgan fingerprint density at radius 1 is 1.59 bits per heavy atom. The molecule has 5 heteroatoms. The zero-order valence-corrected chi connectivity index (χ0v) is 9.82. The molecule has 1 aliphatic heterocycles. The summed E-state index contributed by atoms with van der Waals surface area (Å²) in [5, 5.41) is 7.42. The number of halogens is 1. The topological polar surface area (TPSA) is 66.6 Å². The normalized spacial score (nSPS) is 12.8. The summed E-state index contributed by atoms with van der Waals surface area (Å²) in [5.41, 5.74) is 7.73. The number of carbonyl (C=O) groups is 1. The van der Waals surface area contributed by atoms with Crippen molar-refractivity contribution in [2.75, 3.05) is 24.5 Å². The first-order valence-corrected chi connectivity index (χ1v) is 5.47. The fraction of sp³-hybridized carbons (Fsp3) is 0.417. The summed E-state index contributed by atoms with van der Waals surface area (Å²) in [5.74, 6) is -0.978. The van der Waals surface area contributed by atoms with E-state index >= 15 is 0 Å². The van der Waals surface area contributed by atoms with Gasteiger partial charge in [0.15, 0.2) is 0 Å². The van der Waals surface area contributed by atoms with Crippen LogP contribution in [0.4, 0.5) is 10.1 Å². The molecule has 1 aromatic carbocycles. The summed E-state index contributed by atoms with van der Waals surface area (Å²) in [6.07, 6.45) is 0.938. The highest BCUT2D eigenvalue weighted by Gasteiger charge is 2.17. The molecule has 4 nitrogen and oxygen atoms in total. The SMILES string of the molecule is CC(=O)O.NCCN1CCc2cc(F)ccc21. The van der Waals surface area contributed by atoms with Crippen molar-refractivity contribution < 1.29 is 14.3 Å².